The third-order valence-electron chi connectivity index (χ3n) is 4.33. The molecule has 0 heterocycles. The number of nitrogens with zero attached hydrogens (tertiary/aromatic N) is 1. The molecule has 1 amide bonds. The number of benzene rings is 2. The van der Waals surface area contributed by atoms with Crippen LogP contribution in [0.4, 0.5) is 5.69 Å². The second-order valence-corrected chi connectivity index (χ2v) is 7.97. The zero-order valence-corrected chi connectivity index (χ0v) is 15.0. The molecular formula is C19H19N3O3S. The van der Waals surface area contributed by atoms with Gasteiger partial charge in [-0.15, -0.1) is 0 Å². The molecule has 1 aliphatic rings. The molecule has 2 aromatic rings. The summed E-state index contributed by atoms with van der Waals surface area (Å²) in [4.78, 5) is 12.2. The maximum atomic E-state index is 12.4. The fourth-order valence-corrected chi connectivity index (χ4v) is 4.02. The topological polar surface area (TPSA) is 99.1 Å². The molecule has 2 aromatic carbocycles. The number of amides is 1. The van der Waals surface area contributed by atoms with Crippen molar-refractivity contribution in [2.24, 2.45) is 0 Å². The van der Waals surface area contributed by atoms with E-state index in [1.807, 2.05) is 12.1 Å². The summed E-state index contributed by atoms with van der Waals surface area (Å²) in [6, 6.07) is 13.5. The highest BCUT2D eigenvalue weighted by molar-refractivity contribution is 7.89. The smallest absolute Gasteiger partial charge is 0.241 e. The van der Waals surface area contributed by atoms with Crippen molar-refractivity contribution < 1.29 is 13.2 Å². The highest BCUT2D eigenvalue weighted by Crippen LogP contribution is 2.24. The molecule has 3 rings (SSSR count). The average molecular weight is 369 g/mol. The van der Waals surface area contributed by atoms with Crippen LogP contribution in [-0.4, -0.2) is 20.9 Å². The Labute approximate surface area is 152 Å². The molecule has 26 heavy (non-hydrogen) atoms. The molecule has 134 valence electrons. The number of anilines is 1. The van der Waals surface area contributed by atoms with Gasteiger partial charge in [-0.2, -0.15) is 5.26 Å². The van der Waals surface area contributed by atoms with Crippen molar-refractivity contribution in [2.45, 2.75) is 30.6 Å². The first-order valence-corrected chi connectivity index (χ1v) is 9.88. The molecule has 0 aliphatic heterocycles. The van der Waals surface area contributed by atoms with Crippen LogP contribution in [0.1, 0.15) is 29.5 Å². The van der Waals surface area contributed by atoms with Crippen LogP contribution in [0.3, 0.4) is 0 Å². The van der Waals surface area contributed by atoms with Crippen LogP contribution < -0.4 is 10.0 Å². The van der Waals surface area contributed by atoms with E-state index in [4.69, 9.17) is 5.26 Å². The standard InChI is InChI=1S/C19H19N3O3S/c20-12-14-4-3-7-17(10-14)22-19(23)13-21-26(24,25)18-9-8-15-5-1-2-6-16(15)11-18/h3-4,7-11,21H,1-2,5-6,13H2,(H,22,23). The Morgan fingerprint density at radius 1 is 1.08 bits per heavy atom. The molecule has 0 atom stereocenters. The van der Waals surface area contributed by atoms with Gasteiger partial charge in [-0.05, 0) is 67.1 Å². The predicted molar refractivity (Wildman–Crippen MR) is 98.1 cm³/mol. The lowest BCUT2D eigenvalue weighted by atomic mass is 9.92. The Hall–Kier alpha value is -2.69. The second kappa shape index (κ2) is 7.68. The fourth-order valence-electron chi connectivity index (χ4n) is 2.99. The fraction of sp³-hybridized carbons (Fsp3) is 0.263. The van der Waals surface area contributed by atoms with Crippen LogP contribution in [0.25, 0.3) is 0 Å². The van der Waals surface area contributed by atoms with E-state index in [9.17, 15) is 13.2 Å². The number of nitriles is 1. The van der Waals surface area contributed by atoms with Crippen LogP contribution in [0.5, 0.6) is 0 Å². The van der Waals surface area contributed by atoms with Gasteiger partial charge in [0.1, 0.15) is 0 Å². The third-order valence-corrected chi connectivity index (χ3v) is 5.73. The van der Waals surface area contributed by atoms with Crippen LogP contribution in [0.2, 0.25) is 0 Å². The predicted octanol–water partition coefficient (Wildman–Crippen LogP) is 2.35. The van der Waals surface area contributed by atoms with Gasteiger partial charge in [0.25, 0.3) is 0 Å². The normalized spacial score (nSPS) is 13.5. The molecule has 7 heteroatoms. The van der Waals surface area contributed by atoms with Gasteiger partial charge >= 0.3 is 0 Å². The summed E-state index contributed by atoms with van der Waals surface area (Å²) in [6.45, 7) is -0.379. The van der Waals surface area contributed by atoms with Gasteiger partial charge in [0.05, 0.1) is 23.1 Å². The molecule has 0 saturated heterocycles. The Morgan fingerprint density at radius 3 is 2.62 bits per heavy atom. The minimum absolute atomic E-state index is 0.178. The number of sulfonamides is 1. The molecule has 0 radical (unpaired) electrons. The highest BCUT2D eigenvalue weighted by atomic mass is 32.2. The molecule has 0 unspecified atom stereocenters. The summed E-state index contributed by atoms with van der Waals surface area (Å²) in [6.07, 6.45) is 4.06. The van der Waals surface area contributed by atoms with E-state index in [0.29, 0.717) is 11.3 Å². The van der Waals surface area contributed by atoms with Gasteiger partial charge in [-0.3, -0.25) is 4.79 Å². The first kappa shape index (κ1) is 18.1. The van der Waals surface area contributed by atoms with Crippen molar-refractivity contribution in [3.05, 3.63) is 59.2 Å². The van der Waals surface area contributed by atoms with Crippen molar-refractivity contribution in [3.63, 3.8) is 0 Å². The molecule has 1 aliphatic carbocycles. The monoisotopic (exact) mass is 369 g/mol. The summed E-state index contributed by atoms with van der Waals surface area (Å²) in [5.41, 5.74) is 3.13. The largest absolute Gasteiger partial charge is 0.325 e. The van der Waals surface area contributed by atoms with Gasteiger partial charge in [0.2, 0.25) is 15.9 Å². The first-order valence-electron chi connectivity index (χ1n) is 8.39. The van der Waals surface area contributed by atoms with E-state index in [1.54, 1.807) is 30.3 Å². The number of fused-ring (bicyclic) bond motifs is 1. The van der Waals surface area contributed by atoms with E-state index >= 15 is 0 Å². The quantitative estimate of drug-likeness (QED) is 0.845. The van der Waals surface area contributed by atoms with Crippen LogP contribution in [0.15, 0.2) is 47.4 Å². The maximum Gasteiger partial charge on any atom is 0.241 e. The lowest BCUT2D eigenvalue weighted by Crippen LogP contribution is -2.33. The van der Waals surface area contributed by atoms with E-state index in [2.05, 4.69) is 10.0 Å². The molecule has 0 saturated carbocycles. The van der Waals surface area contributed by atoms with Crippen molar-refractivity contribution in [3.8, 4) is 6.07 Å². The van der Waals surface area contributed by atoms with Gasteiger partial charge in [-0.1, -0.05) is 12.1 Å². The number of hydrogen-bond donors (Lipinski definition) is 2. The number of aryl methyl sites for hydroxylation is 2. The minimum Gasteiger partial charge on any atom is -0.325 e. The number of carbonyl (C=O) groups excluding carboxylic acids is 1. The van der Waals surface area contributed by atoms with E-state index < -0.39 is 15.9 Å². The number of carbonyl (C=O) groups is 1. The van der Waals surface area contributed by atoms with Crippen molar-refractivity contribution >= 4 is 21.6 Å². The van der Waals surface area contributed by atoms with E-state index in [0.717, 1.165) is 31.2 Å². The number of rotatable bonds is 5. The van der Waals surface area contributed by atoms with E-state index in [1.165, 1.54) is 11.6 Å². The molecule has 6 nitrogen and oxygen atoms in total. The molecule has 0 aromatic heterocycles. The van der Waals surface area contributed by atoms with Crippen molar-refractivity contribution in [1.29, 1.82) is 5.26 Å². The average Bonchev–Trinajstić information content (AvgIpc) is 2.66. The summed E-state index contributed by atoms with van der Waals surface area (Å²) in [5, 5.41) is 11.4. The molecule has 2 N–H and O–H groups in total. The number of hydrogen-bond acceptors (Lipinski definition) is 4. The molecular weight excluding hydrogens is 350 g/mol. The van der Waals surface area contributed by atoms with Crippen molar-refractivity contribution in [1.82, 2.24) is 4.72 Å². The van der Waals surface area contributed by atoms with Gasteiger partial charge in [0, 0.05) is 5.69 Å². The summed E-state index contributed by atoms with van der Waals surface area (Å²) in [7, 11) is -3.76. The maximum absolute atomic E-state index is 12.4. The Balaban J connectivity index is 1.64. The Kier molecular flexibility index (Phi) is 5.35. The van der Waals surface area contributed by atoms with Crippen LogP contribution >= 0.6 is 0 Å². The van der Waals surface area contributed by atoms with Gasteiger partial charge in [0.15, 0.2) is 0 Å². The summed E-state index contributed by atoms with van der Waals surface area (Å²) >= 11 is 0. The third kappa shape index (κ3) is 4.28. The van der Waals surface area contributed by atoms with Crippen LogP contribution in [0, 0.1) is 11.3 Å². The lowest BCUT2D eigenvalue weighted by Gasteiger charge is -2.16. The molecule has 0 fully saturated rings. The number of nitrogens with one attached hydrogen (secondary N) is 2. The Morgan fingerprint density at radius 2 is 1.85 bits per heavy atom. The van der Waals surface area contributed by atoms with Crippen molar-refractivity contribution in [2.75, 3.05) is 11.9 Å². The van der Waals surface area contributed by atoms with Gasteiger partial charge < -0.3 is 5.32 Å². The SMILES string of the molecule is N#Cc1cccc(NC(=O)CNS(=O)(=O)c2ccc3c(c2)CCCC3)c1. The minimum atomic E-state index is -3.76. The zero-order chi connectivity index (χ0) is 18.6. The molecule has 0 spiro atoms. The summed E-state index contributed by atoms with van der Waals surface area (Å²) in [5.74, 6) is -0.498. The Bertz CT molecular complexity index is 978. The highest BCUT2D eigenvalue weighted by Gasteiger charge is 2.18. The van der Waals surface area contributed by atoms with Gasteiger partial charge in [-0.25, -0.2) is 13.1 Å². The molecule has 0 bridgehead atoms. The van der Waals surface area contributed by atoms with Crippen LogP contribution in [-0.2, 0) is 27.7 Å². The summed E-state index contributed by atoms with van der Waals surface area (Å²) < 4.78 is 27.2. The lowest BCUT2D eigenvalue weighted by molar-refractivity contribution is -0.115. The van der Waals surface area contributed by atoms with E-state index in [-0.39, 0.29) is 11.4 Å². The zero-order valence-electron chi connectivity index (χ0n) is 14.2. The second-order valence-electron chi connectivity index (χ2n) is 6.20. The first-order chi connectivity index (χ1) is 12.5.